The maximum Gasteiger partial charge on any atom is 0.213 e. The molecule has 0 bridgehead atoms. The summed E-state index contributed by atoms with van der Waals surface area (Å²) in [5.41, 5.74) is 4.96. The summed E-state index contributed by atoms with van der Waals surface area (Å²) in [6, 6.07) is 3.03. The smallest absolute Gasteiger partial charge is 0.213 e. The zero-order chi connectivity index (χ0) is 13.1. The Bertz CT molecular complexity index is 657. The molecular formula is C13H14FN3S. The molecule has 3 rings (SSSR count). The Hall–Kier alpha value is -1.75. The van der Waals surface area contributed by atoms with Crippen LogP contribution >= 0.6 is 11.3 Å². The molecule has 0 unspecified atom stereocenters. The highest BCUT2D eigenvalue weighted by Crippen LogP contribution is 2.30. The third kappa shape index (κ3) is 2.13. The van der Waals surface area contributed by atoms with E-state index in [1.54, 1.807) is 22.9 Å². The Labute approximate surface area is 109 Å². The first kappa shape index (κ1) is 12.7. The first-order chi connectivity index (χ1) is 8.75. The van der Waals surface area contributed by atoms with E-state index in [4.69, 9.17) is 0 Å². The van der Waals surface area contributed by atoms with Gasteiger partial charge in [0.05, 0.1) is 16.7 Å². The van der Waals surface area contributed by atoms with Gasteiger partial charge in [-0.05, 0) is 19.1 Å². The van der Waals surface area contributed by atoms with E-state index >= 15 is 0 Å². The largest absolute Gasteiger partial charge is 0.359 e. The molecule has 1 N–H and O–H groups in total. The second-order valence-electron chi connectivity index (χ2n) is 3.49. The van der Waals surface area contributed by atoms with Gasteiger partial charge in [0.1, 0.15) is 5.52 Å². The number of nitrogens with zero attached hydrogens (tertiary/aromatic N) is 2. The molecule has 0 amide bonds. The minimum Gasteiger partial charge on any atom is -0.359 e. The van der Waals surface area contributed by atoms with Gasteiger partial charge >= 0.3 is 0 Å². The van der Waals surface area contributed by atoms with E-state index in [9.17, 15) is 4.39 Å². The molecule has 0 radical (unpaired) electrons. The normalized spacial score (nSPS) is 10.2. The molecule has 0 aliphatic rings. The lowest BCUT2D eigenvalue weighted by molar-refractivity contribution is 0.589. The van der Waals surface area contributed by atoms with Crippen molar-refractivity contribution in [1.82, 2.24) is 15.0 Å². The van der Waals surface area contributed by atoms with Gasteiger partial charge in [-0.15, -0.1) is 11.3 Å². The van der Waals surface area contributed by atoms with Crippen LogP contribution in [0.2, 0.25) is 0 Å². The lowest BCUT2D eigenvalue weighted by Crippen LogP contribution is -1.84. The SMILES string of the molecule is CC.Cc1scnc1-c1c[nH]c2ccc(F)nc12. The molecule has 5 heteroatoms. The molecular weight excluding hydrogens is 249 g/mol. The van der Waals surface area contributed by atoms with Crippen LogP contribution in [0.5, 0.6) is 0 Å². The monoisotopic (exact) mass is 263 g/mol. The average Bonchev–Trinajstić information content (AvgIpc) is 2.97. The summed E-state index contributed by atoms with van der Waals surface area (Å²) in [6.45, 7) is 5.99. The van der Waals surface area contributed by atoms with Gasteiger partial charge in [-0.2, -0.15) is 4.39 Å². The number of H-pyrrole nitrogens is 1. The summed E-state index contributed by atoms with van der Waals surface area (Å²) < 4.78 is 13.1. The van der Waals surface area contributed by atoms with Gasteiger partial charge in [0.25, 0.3) is 0 Å². The van der Waals surface area contributed by atoms with Crippen LogP contribution in [0.25, 0.3) is 22.3 Å². The van der Waals surface area contributed by atoms with E-state index in [1.165, 1.54) is 6.07 Å². The Morgan fingerprint density at radius 3 is 2.72 bits per heavy atom. The standard InChI is InChI=1S/C11H8FN3S.C2H6/c1-6-10(14-5-16-6)7-4-13-8-2-3-9(12)15-11(7)8;1-2/h2-5,13H,1H3;1-2H3. The van der Waals surface area contributed by atoms with E-state index in [0.29, 0.717) is 5.52 Å². The molecule has 0 aliphatic heterocycles. The fourth-order valence-corrected chi connectivity index (χ4v) is 2.31. The van der Waals surface area contributed by atoms with Crippen molar-refractivity contribution in [3.63, 3.8) is 0 Å². The average molecular weight is 263 g/mol. The summed E-state index contributed by atoms with van der Waals surface area (Å²) in [4.78, 5) is 12.3. The second kappa shape index (κ2) is 5.27. The predicted octanol–water partition coefficient (Wildman–Crippen LogP) is 4.16. The van der Waals surface area contributed by atoms with E-state index in [1.807, 2.05) is 27.0 Å². The van der Waals surface area contributed by atoms with Gasteiger partial charge in [-0.1, -0.05) is 13.8 Å². The minimum atomic E-state index is -0.471. The van der Waals surface area contributed by atoms with Gasteiger partial charge in [0, 0.05) is 16.6 Å². The van der Waals surface area contributed by atoms with E-state index in [-0.39, 0.29) is 0 Å². The van der Waals surface area contributed by atoms with Crippen LogP contribution in [0.15, 0.2) is 23.8 Å². The molecule has 0 spiro atoms. The zero-order valence-electron chi connectivity index (χ0n) is 10.5. The van der Waals surface area contributed by atoms with Crippen LogP contribution in [-0.2, 0) is 0 Å². The summed E-state index contributed by atoms with van der Waals surface area (Å²) in [7, 11) is 0. The highest BCUT2D eigenvalue weighted by molar-refractivity contribution is 7.10. The van der Waals surface area contributed by atoms with Gasteiger partial charge in [0.15, 0.2) is 0 Å². The molecule has 0 saturated heterocycles. The molecule has 94 valence electrons. The molecule has 0 atom stereocenters. The second-order valence-corrected chi connectivity index (χ2v) is 4.55. The van der Waals surface area contributed by atoms with Crippen molar-refractivity contribution in [3.05, 3.63) is 34.7 Å². The lowest BCUT2D eigenvalue weighted by Gasteiger charge is -1.95. The predicted molar refractivity (Wildman–Crippen MR) is 73.2 cm³/mol. The van der Waals surface area contributed by atoms with Gasteiger partial charge < -0.3 is 4.98 Å². The fraction of sp³-hybridized carbons (Fsp3) is 0.231. The molecule has 0 aromatic carbocycles. The number of fused-ring (bicyclic) bond motifs is 1. The Morgan fingerprint density at radius 1 is 1.28 bits per heavy atom. The molecule has 0 saturated carbocycles. The molecule has 3 heterocycles. The molecule has 0 fully saturated rings. The van der Waals surface area contributed by atoms with Gasteiger partial charge in [0.2, 0.25) is 5.95 Å². The van der Waals surface area contributed by atoms with Crippen molar-refractivity contribution in [3.8, 4) is 11.3 Å². The number of halogens is 1. The highest BCUT2D eigenvalue weighted by atomic mass is 32.1. The van der Waals surface area contributed by atoms with Crippen LogP contribution < -0.4 is 0 Å². The number of hydrogen-bond acceptors (Lipinski definition) is 3. The van der Waals surface area contributed by atoms with Crippen LogP contribution in [-0.4, -0.2) is 15.0 Å². The number of nitrogens with one attached hydrogen (secondary N) is 1. The third-order valence-electron chi connectivity index (χ3n) is 2.49. The molecule has 18 heavy (non-hydrogen) atoms. The molecule has 3 nitrogen and oxygen atoms in total. The number of thiazole rings is 1. The zero-order valence-corrected chi connectivity index (χ0v) is 11.3. The topological polar surface area (TPSA) is 41.6 Å². The summed E-state index contributed by atoms with van der Waals surface area (Å²) in [6.07, 6.45) is 1.82. The third-order valence-corrected chi connectivity index (χ3v) is 3.25. The number of hydrogen-bond donors (Lipinski definition) is 1. The Morgan fingerprint density at radius 2 is 2.06 bits per heavy atom. The number of aromatic nitrogens is 3. The van der Waals surface area contributed by atoms with Crippen molar-refractivity contribution >= 4 is 22.4 Å². The number of rotatable bonds is 1. The molecule has 0 aliphatic carbocycles. The number of pyridine rings is 1. The van der Waals surface area contributed by atoms with Gasteiger partial charge in [-0.3, -0.25) is 0 Å². The first-order valence-corrected chi connectivity index (χ1v) is 6.68. The van der Waals surface area contributed by atoms with Crippen molar-refractivity contribution in [1.29, 1.82) is 0 Å². The van der Waals surface area contributed by atoms with Crippen LogP contribution in [0.3, 0.4) is 0 Å². The minimum absolute atomic E-state index is 0.471. The molecule has 3 aromatic heterocycles. The molecule has 3 aromatic rings. The summed E-state index contributed by atoms with van der Waals surface area (Å²) >= 11 is 1.57. The summed E-state index contributed by atoms with van der Waals surface area (Å²) in [5, 5.41) is 0. The first-order valence-electron chi connectivity index (χ1n) is 5.80. The number of aromatic amines is 1. The van der Waals surface area contributed by atoms with E-state index in [2.05, 4.69) is 15.0 Å². The van der Waals surface area contributed by atoms with Crippen molar-refractivity contribution in [2.24, 2.45) is 0 Å². The van der Waals surface area contributed by atoms with Crippen LogP contribution in [0, 0.1) is 12.9 Å². The maximum absolute atomic E-state index is 13.1. The fourth-order valence-electron chi connectivity index (χ4n) is 1.72. The Balaban J connectivity index is 0.000000574. The highest BCUT2D eigenvalue weighted by Gasteiger charge is 2.12. The van der Waals surface area contributed by atoms with Crippen molar-refractivity contribution in [2.45, 2.75) is 20.8 Å². The van der Waals surface area contributed by atoms with Crippen LogP contribution in [0.1, 0.15) is 18.7 Å². The van der Waals surface area contributed by atoms with Crippen molar-refractivity contribution < 1.29 is 4.39 Å². The Kier molecular flexibility index (Phi) is 3.72. The van der Waals surface area contributed by atoms with Crippen molar-refractivity contribution in [2.75, 3.05) is 0 Å². The van der Waals surface area contributed by atoms with E-state index < -0.39 is 5.95 Å². The lowest BCUT2D eigenvalue weighted by atomic mass is 10.2. The summed E-state index contributed by atoms with van der Waals surface area (Å²) in [5.74, 6) is -0.471. The quantitative estimate of drug-likeness (QED) is 0.670. The number of aryl methyl sites for hydroxylation is 1. The maximum atomic E-state index is 13.1. The van der Waals surface area contributed by atoms with E-state index in [0.717, 1.165) is 21.7 Å². The van der Waals surface area contributed by atoms with Gasteiger partial charge in [-0.25, -0.2) is 9.97 Å². The van der Waals surface area contributed by atoms with Crippen LogP contribution in [0.4, 0.5) is 4.39 Å².